The Bertz CT molecular complexity index is 721. The fourth-order valence-corrected chi connectivity index (χ4v) is 2.45. The van der Waals surface area contributed by atoms with Gasteiger partial charge in [-0.05, 0) is 43.2 Å². The molecule has 24 heavy (non-hydrogen) atoms. The van der Waals surface area contributed by atoms with Gasteiger partial charge in [-0.15, -0.1) is 0 Å². The van der Waals surface area contributed by atoms with Crippen LogP contribution < -0.4 is 14.8 Å². The van der Waals surface area contributed by atoms with E-state index in [4.69, 9.17) is 21.1 Å². The summed E-state index contributed by atoms with van der Waals surface area (Å²) in [5, 5.41) is 2.90. The van der Waals surface area contributed by atoms with Crippen LogP contribution in [0.3, 0.4) is 0 Å². The molecule has 1 amide bonds. The summed E-state index contributed by atoms with van der Waals surface area (Å²) >= 11 is 5.83. The number of aryl methyl sites for hydroxylation is 1. The van der Waals surface area contributed by atoms with Gasteiger partial charge in [0, 0.05) is 6.54 Å². The van der Waals surface area contributed by atoms with Crippen LogP contribution >= 0.6 is 11.6 Å². The number of benzene rings is 2. The van der Waals surface area contributed by atoms with Crippen molar-refractivity contribution in [2.75, 3.05) is 20.3 Å². The molecule has 0 saturated heterocycles. The lowest BCUT2D eigenvalue weighted by Crippen LogP contribution is -2.30. The first-order valence-corrected chi connectivity index (χ1v) is 7.85. The second-order valence-corrected chi connectivity index (χ2v) is 5.69. The monoisotopic (exact) mass is 351 g/mol. The SMILES string of the molecule is COc1ccc(C)cc1CCNC(=O)COc1ccc(F)cc1Cl. The van der Waals surface area contributed by atoms with Crippen LogP contribution in [0.1, 0.15) is 11.1 Å². The van der Waals surface area contributed by atoms with Crippen LogP contribution in [0.5, 0.6) is 11.5 Å². The molecule has 0 heterocycles. The molecule has 0 fully saturated rings. The number of carbonyl (C=O) groups excluding carboxylic acids is 1. The van der Waals surface area contributed by atoms with Crippen LogP contribution in [0.15, 0.2) is 36.4 Å². The standard InChI is InChI=1S/C18H19ClFNO3/c1-12-3-5-16(23-2)13(9-12)7-8-21-18(22)11-24-17-6-4-14(20)10-15(17)19/h3-6,9-10H,7-8,11H2,1-2H3,(H,21,22). The highest BCUT2D eigenvalue weighted by molar-refractivity contribution is 6.32. The molecular formula is C18H19ClFNO3. The molecule has 1 N–H and O–H groups in total. The van der Waals surface area contributed by atoms with Gasteiger partial charge in [0.15, 0.2) is 6.61 Å². The van der Waals surface area contributed by atoms with E-state index < -0.39 is 5.82 Å². The summed E-state index contributed by atoms with van der Waals surface area (Å²) in [6, 6.07) is 9.66. The molecule has 0 unspecified atom stereocenters. The lowest BCUT2D eigenvalue weighted by atomic mass is 10.1. The molecule has 0 bridgehead atoms. The summed E-state index contributed by atoms with van der Waals surface area (Å²) in [6.45, 7) is 2.28. The first kappa shape index (κ1) is 18.1. The van der Waals surface area contributed by atoms with Crippen molar-refractivity contribution in [3.05, 3.63) is 58.4 Å². The Morgan fingerprint density at radius 3 is 2.67 bits per heavy atom. The van der Waals surface area contributed by atoms with Crippen LogP contribution in [0.4, 0.5) is 4.39 Å². The van der Waals surface area contributed by atoms with Gasteiger partial charge in [-0.1, -0.05) is 29.3 Å². The van der Waals surface area contributed by atoms with Crippen LogP contribution in [-0.2, 0) is 11.2 Å². The van der Waals surface area contributed by atoms with Crippen LogP contribution in [0, 0.1) is 12.7 Å². The van der Waals surface area contributed by atoms with E-state index in [9.17, 15) is 9.18 Å². The quantitative estimate of drug-likeness (QED) is 0.830. The minimum absolute atomic E-state index is 0.132. The molecule has 0 saturated carbocycles. The second kappa shape index (κ2) is 8.55. The molecule has 0 atom stereocenters. The van der Waals surface area contributed by atoms with E-state index in [-0.39, 0.29) is 23.3 Å². The van der Waals surface area contributed by atoms with Gasteiger partial charge in [0.1, 0.15) is 17.3 Å². The number of hydrogen-bond donors (Lipinski definition) is 1. The third kappa shape index (κ3) is 5.13. The molecule has 4 nitrogen and oxygen atoms in total. The molecule has 0 spiro atoms. The lowest BCUT2D eigenvalue weighted by molar-refractivity contribution is -0.123. The average molecular weight is 352 g/mol. The van der Waals surface area contributed by atoms with E-state index in [1.165, 1.54) is 12.1 Å². The van der Waals surface area contributed by atoms with Crippen molar-refractivity contribution in [2.45, 2.75) is 13.3 Å². The minimum Gasteiger partial charge on any atom is -0.496 e. The highest BCUT2D eigenvalue weighted by Gasteiger charge is 2.08. The van der Waals surface area contributed by atoms with E-state index in [2.05, 4.69) is 5.32 Å². The van der Waals surface area contributed by atoms with Crippen molar-refractivity contribution in [3.8, 4) is 11.5 Å². The fraction of sp³-hybridized carbons (Fsp3) is 0.278. The number of methoxy groups -OCH3 is 1. The Morgan fingerprint density at radius 1 is 1.21 bits per heavy atom. The number of hydrogen-bond acceptors (Lipinski definition) is 3. The third-order valence-electron chi connectivity index (χ3n) is 3.41. The van der Waals surface area contributed by atoms with Gasteiger partial charge in [-0.3, -0.25) is 4.79 Å². The van der Waals surface area contributed by atoms with Crippen molar-refractivity contribution < 1.29 is 18.7 Å². The van der Waals surface area contributed by atoms with Crippen molar-refractivity contribution >= 4 is 17.5 Å². The highest BCUT2D eigenvalue weighted by Crippen LogP contribution is 2.24. The Balaban J connectivity index is 1.80. The van der Waals surface area contributed by atoms with Gasteiger partial charge in [0.25, 0.3) is 5.91 Å². The van der Waals surface area contributed by atoms with Crippen molar-refractivity contribution in [1.29, 1.82) is 0 Å². The molecule has 2 aromatic carbocycles. The largest absolute Gasteiger partial charge is 0.496 e. The van der Waals surface area contributed by atoms with Crippen molar-refractivity contribution in [1.82, 2.24) is 5.32 Å². The van der Waals surface area contributed by atoms with Gasteiger partial charge < -0.3 is 14.8 Å². The highest BCUT2D eigenvalue weighted by atomic mass is 35.5. The fourth-order valence-electron chi connectivity index (χ4n) is 2.23. The van der Waals surface area contributed by atoms with Crippen LogP contribution in [-0.4, -0.2) is 26.2 Å². The zero-order chi connectivity index (χ0) is 17.5. The van der Waals surface area contributed by atoms with E-state index in [1.54, 1.807) is 7.11 Å². The van der Waals surface area contributed by atoms with Gasteiger partial charge >= 0.3 is 0 Å². The van der Waals surface area contributed by atoms with Crippen molar-refractivity contribution in [2.24, 2.45) is 0 Å². The maximum Gasteiger partial charge on any atom is 0.257 e. The second-order valence-electron chi connectivity index (χ2n) is 5.28. The first-order chi connectivity index (χ1) is 11.5. The summed E-state index contributed by atoms with van der Waals surface area (Å²) in [5.74, 6) is 0.337. The molecule has 0 radical (unpaired) electrons. The molecule has 128 valence electrons. The number of rotatable bonds is 7. The van der Waals surface area contributed by atoms with Gasteiger partial charge in [0.05, 0.1) is 12.1 Å². The number of halogens is 2. The Morgan fingerprint density at radius 2 is 1.96 bits per heavy atom. The minimum atomic E-state index is -0.455. The van der Waals surface area contributed by atoms with Crippen molar-refractivity contribution in [3.63, 3.8) is 0 Å². The maximum atomic E-state index is 12.9. The predicted molar refractivity (Wildman–Crippen MR) is 91.3 cm³/mol. The normalized spacial score (nSPS) is 10.3. The van der Waals surface area contributed by atoms with Gasteiger partial charge in [-0.2, -0.15) is 0 Å². The first-order valence-electron chi connectivity index (χ1n) is 7.47. The van der Waals surface area contributed by atoms with E-state index >= 15 is 0 Å². The molecule has 0 aromatic heterocycles. The molecule has 2 rings (SSSR count). The lowest BCUT2D eigenvalue weighted by Gasteiger charge is -2.11. The predicted octanol–water partition coefficient (Wildman–Crippen LogP) is 3.53. The molecule has 0 aliphatic heterocycles. The van der Waals surface area contributed by atoms with E-state index in [0.717, 1.165) is 22.9 Å². The number of carbonyl (C=O) groups is 1. The van der Waals surface area contributed by atoms with Gasteiger partial charge in [-0.25, -0.2) is 4.39 Å². The zero-order valence-corrected chi connectivity index (χ0v) is 14.3. The summed E-state index contributed by atoms with van der Waals surface area (Å²) < 4.78 is 23.5. The Kier molecular flexibility index (Phi) is 6.44. The van der Waals surface area contributed by atoms with Crippen LogP contribution in [0.2, 0.25) is 5.02 Å². The number of nitrogens with one attached hydrogen (secondary N) is 1. The Labute approximate surface area is 145 Å². The summed E-state index contributed by atoms with van der Waals surface area (Å²) in [6.07, 6.45) is 0.647. The molecule has 6 heteroatoms. The smallest absolute Gasteiger partial charge is 0.257 e. The topological polar surface area (TPSA) is 47.6 Å². The summed E-state index contributed by atoms with van der Waals surface area (Å²) in [5.41, 5.74) is 2.16. The summed E-state index contributed by atoms with van der Waals surface area (Å²) in [4.78, 5) is 11.8. The molecule has 0 aliphatic rings. The molecule has 0 aliphatic carbocycles. The average Bonchev–Trinajstić information content (AvgIpc) is 2.54. The van der Waals surface area contributed by atoms with E-state index in [0.29, 0.717) is 13.0 Å². The van der Waals surface area contributed by atoms with Crippen LogP contribution in [0.25, 0.3) is 0 Å². The maximum absolute atomic E-state index is 12.9. The number of amides is 1. The zero-order valence-electron chi connectivity index (χ0n) is 13.6. The van der Waals surface area contributed by atoms with E-state index in [1.807, 2.05) is 25.1 Å². The number of ether oxygens (including phenoxy) is 2. The Hall–Kier alpha value is -2.27. The van der Waals surface area contributed by atoms with Gasteiger partial charge in [0.2, 0.25) is 0 Å². The molecular weight excluding hydrogens is 333 g/mol. The summed E-state index contributed by atoms with van der Waals surface area (Å²) in [7, 11) is 1.62. The molecule has 2 aromatic rings. The third-order valence-corrected chi connectivity index (χ3v) is 3.70.